The zero-order valence-corrected chi connectivity index (χ0v) is 12.0. The fourth-order valence-corrected chi connectivity index (χ4v) is 2.68. The molecule has 3 rings (SSSR count). The average Bonchev–Trinajstić information content (AvgIpc) is 3.10. The Morgan fingerprint density at radius 3 is 3.15 bits per heavy atom. The largest absolute Gasteiger partial charge is 0.376 e. The molecular weight excluding hydrogens is 276 g/mol. The predicted molar refractivity (Wildman–Crippen MR) is 77.6 cm³/mol. The molecule has 0 bridgehead atoms. The SMILES string of the molecule is Cn1cc(C=C2NC(=S)N(CC3CCCO3)C2=O)cn1. The molecule has 20 heavy (non-hydrogen) atoms. The summed E-state index contributed by atoms with van der Waals surface area (Å²) in [6.07, 6.45) is 7.43. The van der Waals surface area contributed by atoms with Gasteiger partial charge in [0.1, 0.15) is 5.70 Å². The van der Waals surface area contributed by atoms with Gasteiger partial charge in [0.25, 0.3) is 5.91 Å². The maximum absolute atomic E-state index is 12.3. The van der Waals surface area contributed by atoms with E-state index in [0.29, 0.717) is 17.4 Å². The van der Waals surface area contributed by atoms with E-state index < -0.39 is 0 Å². The lowest BCUT2D eigenvalue weighted by Crippen LogP contribution is -2.37. The van der Waals surface area contributed by atoms with Crippen molar-refractivity contribution in [2.75, 3.05) is 13.2 Å². The van der Waals surface area contributed by atoms with Crippen LogP contribution in [0.5, 0.6) is 0 Å². The molecule has 1 amide bonds. The normalized spacial score (nSPS) is 24.8. The van der Waals surface area contributed by atoms with Gasteiger partial charge in [0.15, 0.2) is 5.11 Å². The maximum Gasteiger partial charge on any atom is 0.276 e. The van der Waals surface area contributed by atoms with Crippen molar-refractivity contribution in [3.8, 4) is 0 Å². The third kappa shape index (κ3) is 2.59. The van der Waals surface area contributed by atoms with Crippen LogP contribution in [-0.2, 0) is 16.6 Å². The molecule has 2 saturated heterocycles. The molecule has 1 aromatic heterocycles. The minimum Gasteiger partial charge on any atom is -0.376 e. The molecule has 0 radical (unpaired) electrons. The number of aromatic nitrogens is 2. The van der Waals surface area contributed by atoms with E-state index in [0.717, 1.165) is 25.0 Å². The summed E-state index contributed by atoms with van der Waals surface area (Å²) in [4.78, 5) is 13.9. The van der Waals surface area contributed by atoms with E-state index in [9.17, 15) is 4.79 Å². The summed E-state index contributed by atoms with van der Waals surface area (Å²) in [5, 5.41) is 7.48. The number of thiocarbonyl (C=S) groups is 1. The van der Waals surface area contributed by atoms with Gasteiger partial charge in [-0.05, 0) is 31.1 Å². The van der Waals surface area contributed by atoms with Crippen molar-refractivity contribution < 1.29 is 9.53 Å². The summed E-state index contributed by atoms with van der Waals surface area (Å²) in [6.45, 7) is 1.29. The number of nitrogens with one attached hydrogen (secondary N) is 1. The van der Waals surface area contributed by atoms with Gasteiger partial charge in [0, 0.05) is 25.4 Å². The maximum atomic E-state index is 12.3. The van der Waals surface area contributed by atoms with Crippen molar-refractivity contribution in [2.45, 2.75) is 18.9 Å². The second-order valence-corrected chi connectivity index (χ2v) is 5.37. The van der Waals surface area contributed by atoms with Gasteiger partial charge in [-0.25, -0.2) is 0 Å². The molecule has 1 unspecified atom stereocenters. The van der Waals surface area contributed by atoms with Gasteiger partial charge in [0.05, 0.1) is 18.8 Å². The number of carbonyl (C=O) groups is 1. The van der Waals surface area contributed by atoms with Crippen molar-refractivity contribution in [2.24, 2.45) is 7.05 Å². The molecule has 7 heteroatoms. The Kier molecular flexibility index (Phi) is 3.54. The summed E-state index contributed by atoms with van der Waals surface area (Å²) in [5.74, 6) is -0.102. The number of ether oxygens (including phenoxy) is 1. The molecule has 6 nitrogen and oxygen atoms in total. The van der Waals surface area contributed by atoms with Crippen LogP contribution in [0, 0.1) is 0 Å². The van der Waals surface area contributed by atoms with Crippen LogP contribution in [0.2, 0.25) is 0 Å². The molecule has 0 aliphatic carbocycles. The van der Waals surface area contributed by atoms with E-state index >= 15 is 0 Å². The van der Waals surface area contributed by atoms with E-state index in [4.69, 9.17) is 17.0 Å². The van der Waals surface area contributed by atoms with Crippen LogP contribution in [-0.4, -0.2) is 45.0 Å². The zero-order valence-electron chi connectivity index (χ0n) is 11.2. The van der Waals surface area contributed by atoms with Gasteiger partial charge in [-0.3, -0.25) is 14.4 Å². The summed E-state index contributed by atoms with van der Waals surface area (Å²) in [6, 6.07) is 0. The zero-order chi connectivity index (χ0) is 14.1. The van der Waals surface area contributed by atoms with Crippen molar-refractivity contribution in [3.05, 3.63) is 23.7 Å². The fourth-order valence-electron chi connectivity index (χ4n) is 2.41. The minimum absolute atomic E-state index is 0.0939. The van der Waals surface area contributed by atoms with Crippen LogP contribution in [0.3, 0.4) is 0 Å². The van der Waals surface area contributed by atoms with Gasteiger partial charge in [-0.2, -0.15) is 5.10 Å². The minimum atomic E-state index is -0.102. The van der Waals surface area contributed by atoms with Gasteiger partial charge in [-0.15, -0.1) is 0 Å². The van der Waals surface area contributed by atoms with E-state index in [1.165, 1.54) is 0 Å². The number of hydrogen-bond acceptors (Lipinski definition) is 4. The number of hydrogen-bond donors (Lipinski definition) is 1. The van der Waals surface area contributed by atoms with E-state index in [-0.39, 0.29) is 12.0 Å². The quantitative estimate of drug-likeness (QED) is 0.655. The topological polar surface area (TPSA) is 59.4 Å². The Hall–Kier alpha value is -1.73. The smallest absolute Gasteiger partial charge is 0.276 e. The predicted octanol–water partition coefficient (Wildman–Crippen LogP) is 0.657. The molecule has 2 fully saturated rings. The highest BCUT2D eigenvalue weighted by Crippen LogP contribution is 2.18. The fraction of sp³-hybridized carbons (Fsp3) is 0.462. The van der Waals surface area contributed by atoms with Crippen molar-refractivity contribution in [1.82, 2.24) is 20.0 Å². The summed E-state index contributed by atoms with van der Waals surface area (Å²) in [7, 11) is 1.83. The van der Waals surface area contributed by atoms with Crippen LogP contribution >= 0.6 is 12.2 Å². The lowest BCUT2D eigenvalue weighted by molar-refractivity contribution is -0.123. The van der Waals surface area contributed by atoms with Crippen LogP contribution in [0.25, 0.3) is 6.08 Å². The van der Waals surface area contributed by atoms with Gasteiger partial charge in [0.2, 0.25) is 0 Å². The van der Waals surface area contributed by atoms with E-state index in [2.05, 4.69) is 10.4 Å². The first kappa shape index (κ1) is 13.3. The van der Waals surface area contributed by atoms with Crippen LogP contribution < -0.4 is 5.32 Å². The van der Waals surface area contributed by atoms with Gasteiger partial charge in [-0.1, -0.05) is 0 Å². The Labute approximate surface area is 122 Å². The van der Waals surface area contributed by atoms with Crippen molar-refractivity contribution >= 4 is 29.3 Å². The first-order valence-corrected chi connectivity index (χ1v) is 6.99. The third-order valence-corrected chi connectivity index (χ3v) is 3.73. The number of carbonyl (C=O) groups excluding carboxylic acids is 1. The summed E-state index contributed by atoms with van der Waals surface area (Å²) in [5.41, 5.74) is 1.35. The Morgan fingerprint density at radius 2 is 2.50 bits per heavy atom. The molecule has 3 heterocycles. The second-order valence-electron chi connectivity index (χ2n) is 4.99. The van der Waals surface area contributed by atoms with Crippen molar-refractivity contribution in [3.63, 3.8) is 0 Å². The molecule has 0 spiro atoms. The molecule has 2 aliphatic rings. The molecule has 1 aromatic rings. The number of rotatable bonds is 3. The number of aryl methyl sites for hydroxylation is 1. The summed E-state index contributed by atoms with van der Waals surface area (Å²) < 4.78 is 7.24. The molecule has 0 saturated carbocycles. The van der Waals surface area contributed by atoms with Crippen LogP contribution in [0.1, 0.15) is 18.4 Å². The molecule has 0 aromatic carbocycles. The van der Waals surface area contributed by atoms with E-state index in [1.54, 1.807) is 21.9 Å². The van der Waals surface area contributed by atoms with Crippen molar-refractivity contribution in [1.29, 1.82) is 0 Å². The highest BCUT2D eigenvalue weighted by molar-refractivity contribution is 7.80. The Bertz CT molecular complexity index is 575. The molecule has 2 aliphatic heterocycles. The lowest BCUT2D eigenvalue weighted by Gasteiger charge is -2.18. The Morgan fingerprint density at radius 1 is 1.65 bits per heavy atom. The molecular formula is C13H16N4O2S. The third-order valence-electron chi connectivity index (χ3n) is 3.41. The summed E-state index contributed by atoms with van der Waals surface area (Å²) >= 11 is 5.23. The number of amides is 1. The van der Waals surface area contributed by atoms with Gasteiger partial charge < -0.3 is 10.1 Å². The lowest BCUT2D eigenvalue weighted by atomic mass is 10.2. The first-order valence-electron chi connectivity index (χ1n) is 6.58. The highest BCUT2D eigenvalue weighted by atomic mass is 32.1. The average molecular weight is 292 g/mol. The van der Waals surface area contributed by atoms with Crippen LogP contribution in [0.15, 0.2) is 18.1 Å². The second kappa shape index (κ2) is 5.34. The standard InChI is InChI=1S/C13H16N4O2S/c1-16-7-9(6-14-16)5-11-12(18)17(13(20)15-11)8-10-3-2-4-19-10/h5-7,10H,2-4,8H2,1H3,(H,15,20). The first-order chi connectivity index (χ1) is 9.63. The van der Waals surface area contributed by atoms with Crippen LogP contribution in [0.4, 0.5) is 0 Å². The van der Waals surface area contributed by atoms with Gasteiger partial charge >= 0.3 is 0 Å². The molecule has 1 atom stereocenters. The molecule has 1 N–H and O–H groups in total. The molecule has 106 valence electrons. The highest BCUT2D eigenvalue weighted by Gasteiger charge is 2.33. The van der Waals surface area contributed by atoms with E-state index in [1.807, 2.05) is 13.2 Å². The Balaban J connectivity index is 1.74. The number of nitrogens with zero attached hydrogens (tertiary/aromatic N) is 3. The monoisotopic (exact) mass is 292 g/mol.